The molecular formula is C18H18ClFN4O2S. The zero-order valence-corrected chi connectivity index (χ0v) is 16.0. The largest absolute Gasteiger partial charge is 0.345 e. The Balaban J connectivity index is 1.49. The molecule has 1 aliphatic rings. The van der Waals surface area contributed by atoms with Crippen LogP contribution in [0.15, 0.2) is 47.6 Å². The zero-order chi connectivity index (χ0) is 19.0. The Morgan fingerprint density at radius 1 is 1.15 bits per heavy atom. The molecule has 6 nitrogen and oxygen atoms in total. The van der Waals surface area contributed by atoms with E-state index in [0.717, 1.165) is 0 Å². The summed E-state index contributed by atoms with van der Waals surface area (Å²) < 4.78 is 41.5. The molecule has 0 spiro atoms. The first-order valence-electron chi connectivity index (χ1n) is 8.54. The van der Waals surface area contributed by atoms with Crippen LogP contribution in [0.4, 0.5) is 4.39 Å². The second-order valence-electron chi connectivity index (χ2n) is 6.43. The lowest BCUT2D eigenvalue weighted by molar-refractivity contribution is 0.180. The lowest BCUT2D eigenvalue weighted by Gasteiger charge is -2.34. The molecule has 1 saturated heterocycles. The summed E-state index contributed by atoms with van der Waals surface area (Å²) in [5.41, 5.74) is 0.988. The molecule has 0 atom stereocenters. The van der Waals surface area contributed by atoms with Gasteiger partial charge in [-0.3, -0.25) is 4.90 Å². The van der Waals surface area contributed by atoms with Crippen LogP contribution in [0, 0.1) is 5.82 Å². The summed E-state index contributed by atoms with van der Waals surface area (Å²) in [5.74, 6) is -0.344. The van der Waals surface area contributed by atoms with Crippen molar-refractivity contribution in [3.8, 4) is 0 Å². The van der Waals surface area contributed by atoms with Gasteiger partial charge in [-0.1, -0.05) is 17.7 Å². The van der Waals surface area contributed by atoms with E-state index >= 15 is 0 Å². The highest BCUT2D eigenvalue weighted by atomic mass is 35.5. The highest BCUT2D eigenvalue weighted by Gasteiger charge is 2.31. The summed E-state index contributed by atoms with van der Waals surface area (Å²) in [6.07, 6.45) is 3.10. The van der Waals surface area contributed by atoms with Gasteiger partial charge in [-0.2, -0.15) is 4.31 Å². The Morgan fingerprint density at radius 2 is 1.93 bits per heavy atom. The molecule has 0 radical (unpaired) electrons. The molecule has 1 N–H and O–H groups in total. The Labute approximate surface area is 161 Å². The fraction of sp³-hybridized carbons (Fsp3) is 0.278. The van der Waals surface area contributed by atoms with Gasteiger partial charge in [0.15, 0.2) is 0 Å². The molecule has 0 bridgehead atoms. The van der Waals surface area contributed by atoms with Gasteiger partial charge in [-0.05, 0) is 24.3 Å². The molecule has 3 aromatic rings. The summed E-state index contributed by atoms with van der Waals surface area (Å²) in [5, 5.41) is 0.967. The summed E-state index contributed by atoms with van der Waals surface area (Å²) in [6, 6.07) is 8.06. The fourth-order valence-corrected chi connectivity index (χ4v) is 5.11. The van der Waals surface area contributed by atoms with Crippen LogP contribution in [0.1, 0.15) is 5.56 Å². The molecule has 0 aliphatic carbocycles. The number of pyridine rings is 1. The number of rotatable bonds is 4. The van der Waals surface area contributed by atoms with Gasteiger partial charge in [0.05, 0.1) is 0 Å². The molecule has 0 saturated carbocycles. The second-order valence-corrected chi connectivity index (χ2v) is 8.75. The molecule has 2 aromatic heterocycles. The van der Waals surface area contributed by atoms with Gasteiger partial charge in [0.1, 0.15) is 16.4 Å². The van der Waals surface area contributed by atoms with Crippen LogP contribution < -0.4 is 0 Å². The van der Waals surface area contributed by atoms with Gasteiger partial charge in [0.2, 0.25) is 10.0 Å². The van der Waals surface area contributed by atoms with Crippen LogP contribution in [0.3, 0.4) is 0 Å². The number of H-pyrrole nitrogens is 1. The maximum Gasteiger partial charge on any atom is 0.245 e. The molecule has 1 aromatic carbocycles. The molecule has 1 fully saturated rings. The third-order valence-electron chi connectivity index (χ3n) is 4.81. The number of halogens is 2. The van der Waals surface area contributed by atoms with Crippen molar-refractivity contribution < 1.29 is 12.8 Å². The lowest BCUT2D eigenvalue weighted by Crippen LogP contribution is -2.48. The average molecular weight is 409 g/mol. The minimum absolute atomic E-state index is 0.233. The van der Waals surface area contributed by atoms with E-state index in [2.05, 4.69) is 9.97 Å². The number of sulfonamides is 1. The average Bonchev–Trinajstić information content (AvgIpc) is 3.10. The van der Waals surface area contributed by atoms with E-state index < -0.39 is 10.0 Å². The smallest absolute Gasteiger partial charge is 0.245 e. The van der Waals surface area contributed by atoms with E-state index in [1.807, 2.05) is 4.90 Å². The van der Waals surface area contributed by atoms with Crippen LogP contribution in [-0.2, 0) is 16.6 Å². The summed E-state index contributed by atoms with van der Waals surface area (Å²) in [6.45, 7) is 2.04. The summed E-state index contributed by atoms with van der Waals surface area (Å²) >= 11 is 6.09. The Morgan fingerprint density at radius 3 is 2.67 bits per heavy atom. The quantitative estimate of drug-likeness (QED) is 0.720. The number of nitrogens with zero attached hydrogens (tertiary/aromatic N) is 3. The van der Waals surface area contributed by atoms with E-state index in [9.17, 15) is 12.8 Å². The molecule has 0 unspecified atom stereocenters. The Kier molecular flexibility index (Phi) is 4.90. The Hall–Kier alpha value is -2.00. The van der Waals surface area contributed by atoms with Crippen molar-refractivity contribution in [3.63, 3.8) is 0 Å². The number of benzene rings is 1. The third-order valence-corrected chi connectivity index (χ3v) is 7.10. The first-order valence-corrected chi connectivity index (χ1v) is 10.4. The van der Waals surface area contributed by atoms with Crippen molar-refractivity contribution >= 4 is 32.7 Å². The number of aromatic amines is 1. The third kappa shape index (κ3) is 3.45. The van der Waals surface area contributed by atoms with Gasteiger partial charge in [0, 0.05) is 61.1 Å². The van der Waals surface area contributed by atoms with Crippen molar-refractivity contribution in [2.24, 2.45) is 0 Å². The van der Waals surface area contributed by atoms with Crippen LogP contribution >= 0.6 is 11.6 Å². The monoisotopic (exact) mass is 408 g/mol. The maximum atomic E-state index is 14.0. The van der Waals surface area contributed by atoms with Gasteiger partial charge in [-0.15, -0.1) is 0 Å². The summed E-state index contributed by atoms with van der Waals surface area (Å²) in [4.78, 5) is 9.28. The number of hydrogen-bond donors (Lipinski definition) is 1. The first-order chi connectivity index (χ1) is 13.0. The SMILES string of the molecule is O=S(=O)(c1c[nH]c2ncccc12)N1CCN(Cc2c(F)cccc2Cl)CC1. The number of piperazine rings is 1. The van der Waals surface area contributed by atoms with E-state index in [4.69, 9.17) is 11.6 Å². The molecule has 142 valence electrons. The normalized spacial score (nSPS) is 16.8. The predicted octanol–water partition coefficient (Wildman–Crippen LogP) is 2.86. The minimum atomic E-state index is -3.62. The van der Waals surface area contributed by atoms with Gasteiger partial charge < -0.3 is 4.98 Å². The summed E-state index contributed by atoms with van der Waals surface area (Å²) in [7, 11) is -3.62. The van der Waals surface area contributed by atoms with E-state index in [1.54, 1.807) is 30.5 Å². The molecule has 0 amide bonds. The molecule has 1 aliphatic heterocycles. The second kappa shape index (κ2) is 7.20. The van der Waals surface area contributed by atoms with Crippen LogP contribution in [-0.4, -0.2) is 53.8 Å². The number of nitrogens with one attached hydrogen (secondary N) is 1. The topological polar surface area (TPSA) is 69.3 Å². The van der Waals surface area contributed by atoms with Gasteiger partial charge >= 0.3 is 0 Å². The van der Waals surface area contributed by atoms with E-state index in [1.165, 1.54) is 16.6 Å². The molecule has 3 heterocycles. The van der Waals surface area contributed by atoms with Crippen LogP contribution in [0.25, 0.3) is 11.0 Å². The molecule has 4 rings (SSSR count). The highest BCUT2D eigenvalue weighted by Crippen LogP contribution is 2.26. The van der Waals surface area contributed by atoms with E-state index in [-0.39, 0.29) is 10.7 Å². The van der Waals surface area contributed by atoms with Crippen molar-refractivity contribution in [1.29, 1.82) is 0 Å². The molecule has 9 heteroatoms. The number of aromatic nitrogens is 2. The van der Waals surface area contributed by atoms with Crippen molar-refractivity contribution in [2.45, 2.75) is 11.4 Å². The number of hydrogen-bond acceptors (Lipinski definition) is 4. The molecular weight excluding hydrogens is 391 g/mol. The predicted molar refractivity (Wildman–Crippen MR) is 102 cm³/mol. The fourth-order valence-electron chi connectivity index (χ4n) is 3.32. The van der Waals surface area contributed by atoms with E-state index in [0.29, 0.717) is 54.3 Å². The van der Waals surface area contributed by atoms with Crippen LogP contribution in [0.5, 0.6) is 0 Å². The standard InChI is InChI=1S/C18H18ClFN4O2S/c19-15-4-1-5-16(20)14(15)12-23-7-9-24(10-8-23)27(25,26)17-11-22-18-13(17)3-2-6-21-18/h1-6,11H,7-10,12H2,(H,21,22). The maximum absolute atomic E-state index is 14.0. The van der Waals surface area contributed by atoms with Crippen LogP contribution in [0.2, 0.25) is 5.02 Å². The zero-order valence-electron chi connectivity index (χ0n) is 14.4. The van der Waals surface area contributed by atoms with Gasteiger partial charge in [0.25, 0.3) is 0 Å². The van der Waals surface area contributed by atoms with Crippen molar-refractivity contribution in [2.75, 3.05) is 26.2 Å². The lowest BCUT2D eigenvalue weighted by atomic mass is 10.2. The first kappa shape index (κ1) is 18.4. The van der Waals surface area contributed by atoms with Crippen molar-refractivity contribution in [3.05, 3.63) is 59.1 Å². The Bertz CT molecular complexity index is 1060. The minimum Gasteiger partial charge on any atom is -0.345 e. The van der Waals surface area contributed by atoms with Crippen molar-refractivity contribution in [1.82, 2.24) is 19.2 Å². The molecule has 27 heavy (non-hydrogen) atoms. The van der Waals surface area contributed by atoms with Gasteiger partial charge in [-0.25, -0.2) is 17.8 Å². The highest BCUT2D eigenvalue weighted by molar-refractivity contribution is 7.89. The number of fused-ring (bicyclic) bond motifs is 1.